The van der Waals surface area contributed by atoms with Crippen molar-refractivity contribution in [2.45, 2.75) is 32.6 Å². The van der Waals surface area contributed by atoms with Crippen molar-refractivity contribution >= 4 is 15.2 Å². The van der Waals surface area contributed by atoms with Crippen LogP contribution < -0.4 is 0 Å². The molecule has 0 spiro atoms. The van der Waals surface area contributed by atoms with Crippen molar-refractivity contribution in [2.75, 3.05) is 12.8 Å². The van der Waals surface area contributed by atoms with Crippen molar-refractivity contribution in [3.8, 4) is 0 Å². The molecule has 0 bridgehead atoms. The summed E-state index contributed by atoms with van der Waals surface area (Å²) in [6, 6.07) is 0. The monoisotopic (exact) mass is 202 g/mol. The standard InChI is InChI=1S/C10H19O2P/c1-9(2)10(11)12-7-5-3-4-6-8-13/h1,3-8,13H2,2H3. The van der Waals surface area contributed by atoms with E-state index in [1.54, 1.807) is 6.92 Å². The van der Waals surface area contributed by atoms with Crippen molar-refractivity contribution in [1.29, 1.82) is 0 Å². The molecule has 0 aliphatic carbocycles. The summed E-state index contributed by atoms with van der Waals surface area (Å²) in [5.41, 5.74) is 0.477. The first-order chi connectivity index (χ1) is 6.18. The molecule has 0 amide bonds. The average molecular weight is 202 g/mol. The van der Waals surface area contributed by atoms with Crippen LogP contribution in [0.15, 0.2) is 12.2 Å². The van der Waals surface area contributed by atoms with Gasteiger partial charge in [0.25, 0.3) is 0 Å². The van der Waals surface area contributed by atoms with Gasteiger partial charge in [-0.15, -0.1) is 9.24 Å². The van der Waals surface area contributed by atoms with E-state index >= 15 is 0 Å². The lowest BCUT2D eigenvalue weighted by Gasteiger charge is -2.03. The number of rotatable bonds is 7. The van der Waals surface area contributed by atoms with Crippen LogP contribution in [0.25, 0.3) is 0 Å². The fraction of sp³-hybridized carbons (Fsp3) is 0.700. The molecular weight excluding hydrogens is 183 g/mol. The first-order valence-corrected chi connectivity index (χ1v) is 5.53. The molecule has 0 aromatic carbocycles. The molecule has 3 heteroatoms. The normalized spacial score (nSPS) is 9.69. The van der Waals surface area contributed by atoms with Crippen LogP contribution in [0.1, 0.15) is 32.6 Å². The van der Waals surface area contributed by atoms with E-state index in [2.05, 4.69) is 15.8 Å². The average Bonchev–Trinajstić information content (AvgIpc) is 2.10. The SMILES string of the molecule is C=C(C)C(=O)OCCCCCCP. The molecule has 0 aliphatic heterocycles. The van der Waals surface area contributed by atoms with Gasteiger partial charge in [0, 0.05) is 5.57 Å². The first-order valence-electron chi connectivity index (χ1n) is 4.71. The second-order valence-electron chi connectivity index (χ2n) is 3.12. The number of esters is 1. The third-order valence-corrected chi connectivity index (χ3v) is 2.09. The molecule has 0 radical (unpaired) electrons. The van der Waals surface area contributed by atoms with E-state index in [-0.39, 0.29) is 5.97 Å². The van der Waals surface area contributed by atoms with Gasteiger partial charge in [0.05, 0.1) is 6.61 Å². The molecule has 0 aromatic rings. The molecule has 0 saturated heterocycles. The summed E-state index contributed by atoms with van der Waals surface area (Å²) in [4.78, 5) is 10.9. The van der Waals surface area contributed by atoms with Gasteiger partial charge in [-0.3, -0.25) is 0 Å². The fourth-order valence-corrected chi connectivity index (χ4v) is 1.18. The van der Waals surface area contributed by atoms with Gasteiger partial charge in [0.2, 0.25) is 0 Å². The molecule has 0 heterocycles. The molecule has 76 valence electrons. The lowest BCUT2D eigenvalue weighted by atomic mass is 10.2. The summed E-state index contributed by atoms with van der Waals surface area (Å²) in [5.74, 6) is -0.272. The Morgan fingerprint density at radius 1 is 1.31 bits per heavy atom. The molecule has 1 atom stereocenters. The molecule has 0 fully saturated rings. The van der Waals surface area contributed by atoms with Gasteiger partial charge in [0.1, 0.15) is 0 Å². The van der Waals surface area contributed by atoms with Crippen molar-refractivity contribution < 1.29 is 9.53 Å². The Kier molecular flexibility index (Phi) is 8.02. The highest BCUT2D eigenvalue weighted by Gasteiger charge is 2.01. The van der Waals surface area contributed by atoms with Crippen molar-refractivity contribution in [3.63, 3.8) is 0 Å². The highest BCUT2D eigenvalue weighted by molar-refractivity contribution is 7.16. The topological polar surface area (TPSA) is 26.3 Å². The minimum Gasteiger partial charge on any atom is -0.462 e. The van der Waals surface area contributed by atoms with E-state index in [1.807, 2.05) is 0 Å². The Labute approximate surface area is 82.9 Å². The van der Waals surface area contributed by atoms with Gasteiger partial charge in [-0.2, -0.15) is 0 Å². The number of hydrogen-bond donors (Lipinski definition) is 0. The maximum atomic E-state index is 10.9. The van der Waals surface area contributed by atoms with Gasteiger partial charge >= 0.3 is 5.97 Å². The predicted molar refractivity (Wildman–Crippen MR) is 58.8 cm³/mol. The molecular formula is C10H19O2P. The third kappa shape index (κ3) is 7.98. The van der Waals surface area contributed by atoms with E-state index in [1.165, 1.54) is 12.8 Å². The molecule has 13 heavy (non-hydrogen) atoms. The number of carbonyl (C=O) groups is 1. The second kappa shape index (κ2) is 8.25. The first kappa shape index (κ1) is 12.6. The van der Waals surface area contributed by atoms with Crippen LogP contribution in [0.2, 0.25) is 0 Å². The quantitative estimate of drug-likeness (QED) is 0.274. The Balaban J connectivity index is 3.16. The van der Waals surface area contributed by atoms with E-state index in [0.29, 0.717) is 12.2 Å². The zero-order valence-electron chi connectivity index (χ0n) is 8.34. The minimum absolute atomic E-state index is 0.272. The smallest absolute Gasteiger partial charge is 0.333 e. The summed E-state index contributed by atoms with van der Waals surface area (Å²) in [7, 11) is 2.71. The largest absolute Gasteiger partial charge is 0.462 e. The molecule has 0 saturated carbocycles. The van der Waals surface area contributed by atoms with Gasteiger partial charge in [-0.1, -0.05) is 19.4 Å². The van der Waals surface area contributed by atoms with Crippen LogP contribution in [0.4, 0.5) is 0 Å². The lowest BCUT2D eigenvalue weighted by Crippen LogP contribution is -2.05. The second-order valence-corrected chi connectivity index (χ2v) is 3.70. The third-order valence-electron chi connectivity index (χ3n) is 1.68. The molecule has 2 nitrogen and oxygen atoms in total. The summed E-state index contributed by atoms with van der Waals surface area (Å²) in [6.45, 7) is 5.70. The summed E-state index contributed by atoms with van der Waals surface area (Å²) in [5, 5.41) is 0. The number of hydrogen-bond acceptors (Lipinski definition) is 2. The van der Waals surface area contributed by atoms with Crippen LogP contribution in [-0.4, -0.2) is 18.7 Å². The molecule has 0 aromatic heterocycles. The summed E-state index contributed by atoms with van der Waals surface area (Å²) < 4.78 is 4.94. The van der Waals surface area contributed by atoms with Crippen LogP contribution in [0, 0.1) is 0 Å². The van der Waals surface area contributed by atoms with Gasteiger partial charge < -0.3 is 4.74 Å². The van der Waals surface area contributed by atoms with Crippen LogP contribution >= 0.6 is 9.24 Å². The predicted octanol–water partition coefficient (Wildman–Crippen LogP) is 2.54. The van der Waals surface area contributed by atoms with Crippen molar-refractivity contribution in [1.82, 2.24) is 0 Å². The zero-order valence-corrected chi connectivity index (χ0v) is 9.50. The van der Waals surface area contributed by atoms with E-state index in [0.717, 1.165) is 19.0 Å². The highest BCUT2D eigenvalue weighted by Crippen LogP contribution is 2.03. The number of ether oxygens (including phenoxy) is 1. The van der Waals surface area contributed by atoms with Gasteiger partial charge in [0.15, 0.2) is 0 Å². The maximum Gasteiger partial charge on any atom is 0.333 e. The fourth-order valence-electron chi connectivity index (χ4n) is 0.888. The maximum absolute atomic E-state index is 10.9. The van der Waals surface area contributed by atoms with E-state index in [9.17, 15) is 4.79 Å². The highest BCUT2D eigenvalue weighted by atomic mass is 31.0. The Morgan fingerprint density at radius 2 is 1.92 bits per heavy atom. The van der Waals surface area contributed by atoms with Crippen molar-refractivity contribution in [2.24, 2.45) is 0 Å². The number of unbranched alkanes of at least 4 members (excludes halogenated alkanes) is 3. The zero-order chi connectivity index (χ0) is 10.1. The van der Waals surface area contributed by atoms with Crippen LogP contribution in [0.5, 0.6) is 0 Å². The Hall–Kier alpha value is -0.360. The molecule has 0 N–H and O–H groups in total. The Morgan fingerprint density at radius 3 is 2.46 bits per heavy atom. The van der Waals surface area contributed by atoms with Crippen LogP contribution in [-0.2, 0) is 9.53 Å². The Bertz CT molecular complexity index is 166. The lowest BCUT2D eigenvalue weighted by molar-refractivity contribution is -0.139. The van der Waals surface area contributed by atoms with E-state index in [4.69, 9.17) is 4.74 Å². The summed E-state index contributed by atoms with van der Waals surface area (Å²) >= 11 is 0. The molecule has 0 aliphatic rings. The molecule has 1 unspecified atom stereocenters. The number of carbonyl (C=O) groups excluding carboxylic acids is 1. The van der Waals surface area contributed by atoms with Crippen LogP contribution in [0.3, 0.4) is 0 Å². The van der Waals surface area contributed by atoms with Gasteiger partial charge in [-0.05, 0) is 25.9 Å². The summed E-state index contributed by atoms with van der Waals surface area (Å²) in [6.07, 6.45) is 5.71. The van der Waals surface area contributed by atoms with Crippen molar-refractivity contribution in [3.05, 3.63) is 12.2 Å². The molecule has 0 rings (SSSR count). The van der Waals surface area contributed by atoms with Gasteiger partial charge in [-0.25, -0.2) is 4.79 Å². The minimum atomic E-state index is -0.272. The van der Waals surface area contributed by atoms with E-state index < -0.39 is 0 Å².